The lowest BCUT2D eigenvalue weighted by Crippen LogP contribution is -2.36. The van der Waals surface area contributed by atoms with Crippen LogP contribution in [-0.4, -0.2) is 43.2 Å². The van der Waals surface area contributed by atoms with Crippen molar-refractivity contribution in [1.82, 2.24) is 4.90 Å². The molecule has 5 heteroatoms. The van der Waals surface area contributed by atoms with E-state index in [9.17, 15) is 4.79 Å². The summed E-state index contributed by atoms with van der Waals surface area (Å²) in [7, 11) is 0. The standard InChI is InChI=1S/C16H24N2O3/c1-2-20-16(19)12-18(14-7-8-14)9-10-21-15-6-4-3-5-13(15)11-17/h3-6,14H,2,7-12,17H2,1H3. The molecule has 1 aliphatic carbocycles. The highest BCUT2D eigenvalue weighted by molar-refractivity contribution is 5.71. The minimum Gasteiger partial charge on any atom is -0.492 e. The Hall–Kier alpha value is -1.59. The number of esters is 1. The molecule has 0 amide bonds. The molecule has 0 radical (unpaired) electrons. The van der Waals surface area contributed by atoms with Crippen molar-refractivity contribution >= 4 is 5.97 Å². The van der Waals surface area contributed by atoms with Gasteiger partial charge in [-0.1, -0.05) is 18.2 Å². The van der Waals surface area contributed by atoms with Gasteiger partial charge in [0.1, 0.15) is 12.4 Å². The number of nitrogens with zero attached hydrogens (tertiary/aromatic N) is 1. The van der Waals surface area contributed by atoms with E-state index in [1.807, 2.05) is 31.2 Å². The Morgan fingerprint density at radius 1 is 1.38 bits per heavy atom. The van der Waals surface area contributed by atoms with Crippen molar-refractivity contribution < 1.29 is 14.3 Å². The fourth-order valence-electron chi connectivity index (χ4n) is 2.29. The summed E-state index contributed by atoms with van der Waals surface area (Å²) in [5.41, 5.74) is 6.69. The van der Waals surface area contributed by atoms with Gasteiger partial charge in [0.15, 0.2) is 0 Å². The van der Waals surface area contributed by atoms with Gasteiger partial charge in [0.25, 0.3) is 0 Å². The van der Waals surface area contributed by atoms with Crippen LogP contribution in [0.3, 0.4) is 0 Å². The molecular formula is C16H24N2O3. The second kappa shape index (κ2) is 8.00. The molecule has 0 atom stereocenters. The minimum atomic E-state index is -0.160. The SMILES string of the molecule is CCOC(=O)CN(CCOc1ccccc1CN)C1CC1. The Labute approximate surface area is 126 Å². The Bertz CT molecular complexity index is 461. The van der Waals surface area contributed by atoms with Crippen LogP contribution in [0.5, 0.6) is 5.75 Å². The van der Waals surface area contributed by atoms with Crippen LogP contribution in [0.15, 0.2) is 24.3 Å². The van der Waals surface area contributed by atoms with E-state index in [0.717, 1.165) is 30.7 Å². The van der Waals surface area contributed by atoms with E-state index in [4.69, 9.17) is 15.2 Å². The van der Waals surface area contributed by atoms with Crippen molar-refractivity contribution in [2.45, 2.75) is 32.4 Å². The highest BCUT2D eigenvalue weighted by Gasteiger charge is 2.30. The molecule has 116 valence electrons. The number of para-hydroxylation sites is 1. The summed E-state index contributed by atoms with van der Waals surface area (Å²) in [6.45, 7) is 4.34. The Morgan fingerprint density at radius 3 is 2.81 bits per heavy atom. The first-order chi connectivity index (χ1) is 10.2. The Kier molecular flexibility index (Phi) is 6.02. The fourth-order valence-corrected chi connectivity index (χ4v) is 2.29. The van der Waals surface area contributed by atoms with Gasteiger partial charge in [0, 0.05) is 24.7 Å². The van der Waals surface area contributed by atoms with Crippen LogP contribution in [0, 0.1) is 0 Å². The fraction of sp³-hybridized carbons (Fsp3) is 0.562. The van der Waals surface area contributed by atoms with Crippen molar-refractivity contribution in [1.29, 1.82) is 0 Å². The maximum absolute atomic E-state index is 11.6. The molecule has 2 N–H and O–H groups in total. The normalized spacial score (nSPS) is 14.2. The van der Waals surface area contributed by atoms with E-state index in [1.165, 1.54) is 0 Å². The Balaban J connectivity index is 1.80. The third kappa shape index (κ3) is 5.02. The first kappa shape index (κ1) is 15.8. The van der Waals surface area contributed by atoms with Crippen molar-refractivity contribution in [2.24, 2.45) is 5.73 Å². The molecule has 0 unspecified atom stereocenters. The third-order valence-corrected chi connectivity index (χ3v) is 3.53. The number of benzene rings is 1. The summed E-state index contributed by atoms with van der Waals surface area (Å²) in [6.07, 6.45) is 2.30. The zero-order valence-corrected chi connectivity index (χ0v) is 12.6. The summed E-state index contributed by atoms with van der Waals surface area (Å²) in [4.78, 5) is 13.7. The zero-order chi connectivity index (χ0) is 15.1. The molecule has 1 saturated carbocycles. The molecule has 1 aliphatic rings. The van der Waals surface area contributed by atoms with Gasteiger partial charge in [-0.2, -0.15) is 0 Å². The van der Waals surface area contributed by atoms with E-state index >= 15 is 0 Å². The smallest absolute Gasteiger partial charge is 0.320 e. The number of ether oxygens (including phenoxy) is 2. The lowest BCUT2D eigenvalue weighted by atomic mass is 10.2. The van der Waals surface area contributed by atoms with E-state index in [-0.39, 0.29) is 5.97 Å². The van der Waals surface area contributed by atoms with E-state index in [2.05, 4.69) is 4.90 Å². The quantitative estimate of drug-likeness (QED) is 0.700. The van der Waals surface area contributed by atoms with Gasteiger partial charge in [-0.25, -0.2) is 0 Å². The molecule has 0 spiro atoms. The number of nitrogens with two attached hydrogens (primary N) is 1. The van der Waals surface area contributed by atoms with Crippen molar-refractivity contribution in [2.75, 3.05) is 26.3 Å². The molecule has 0 bridgehead atoms. The largest absolute Gasteiger partial charge is 0.492 e. The average molecular weight is 292 g/mol. The van der Waals surface area contributed by atoms with Gasteiger partial charge >= 0.3 is 5.97 Å². The predicted octanol–water partition coefficient (Wildman–Crippen LogP) is 1.55. The molecule has 0 heterocycles. The van der Waals surface area contributed by atoms with E-state index in [1.54, 1.807) is 0 Å². The van der Waals surface area contributed by atoms with Crippen LogP contribution in [-0.2, 0) is 16.1 Å². The molecule has 1 fully saturated rings. The van der Waals surface area contributed by atoms with Crippen LogP contribution in [0.2, 0.25) is 0 Å². The number of carbonyl (C=O) groups is 1. The van der Waals surface area contributed by atoms with Crippen LogP contribution in [0.25, 0.3) is 0 Å². The number of hydrogen-bond donors (Lipinski definition) is 1. The molecule has 0 saturated heterocycles. The summed E-state index contributed by atoms with van der Waals surface area (Å²) in [5.74, 6) is 0.665. The van der Waals surface area contributed by atoms with Crippen molar-refractivity contribution in [3.8, 4) is 5.75 Å². The predicted molar refractivity (Wildman–Crippen MR) is 81.1 cm³/mol. The number of carbonyl (C=O) groups excluding carboxylic acids is 1. The number of hydrogen-bond acceptors (Lipinski definition) is 5. The summed E-state index contributed by atoms with van der Waals surface area (Å²) in [6, 6.07) is 8.28. The first-order valence-corrected chi connectivity index (χ1v) is 7.55. The Morgan fingerprint density at radius 2 is 2.14 bits per heavy atom. The van der Waals surface area contributed by atoms with Gasteiger partial charge in [0.05, 0.1) is 13.2 Å². The lowest BCUT2D eigenvalue weighted by molar-refractivity contribution is -0.144. The second-order valence-corrected chi connectivity index (χ2v) is 5.17. The summed E-state index contributed by atoms with van der Waals surface area (Å²) >= 11 is 0. The minimum absolute atomic E-state index is 0.160. The van der Waals surface area contributed by atoms with Gasteiger partial charge in [0.2, 0.25) is 0 Å². The van der Waals surface area contributed by atoms with Crippen molar-refractivity contribution in [3.05, 3.63) is 29.8 Å². The van der Waals surface area contributed by atoms with Gasteiger partial charge in [-0.3, -0.25) is 9.69 Å². The molecule has 0 aromatic heterocycles. The molecular weight excluding hydrogens is 268 g/mol. The molecule has 1 aromatic rings. The topological polar surface area (TPSA) is 64.8 Å². The summed E-state index contributed by atoms with van der Waals surface area (Å²) in [5, 5.41) is 0. The highest BCUT2D eigenvalue weighted by Crippen LogP contribution is 2.26. The maximum atomic E-state index is 11.6. The van der Waals surface area contributed by atoms with Crippen LogP contribution < -0.4 is 10.5 Å². The maximum Gasteiger partial charge on any atom is 0.320 e. The molecule has 5 nitrogen and oxygen atoms in total. The molecule has 0 aliphatic heterocycles. The van der Waals surface area contributed by atoms with E-state index in [0.29, 0.717) is 32.3 Å². The van der Waals surface area contributed by atoms with E-state index < -0.39 is 0 Å². The summed E-state index contributed by atoms with van der Waals surface area (Å²) < 4.78 is 10.8. The van der Waals surface area contributed by atoms with Crippen LogP contribution in [0.1, 0.15) is 25.3 Å². The monoisotopic (exact) mass is 292 g/mol. The zero-order valence-electron chi connectivity index (χ0n) is 12.6. The lowest BCUT2D eigenvalue weighted by Gasteiger charge is -2.21. The van der Waals surface area contributed by atoms with Gasteiger partial charge in [-0.15, -0.1) is 0 Å². The average Bonchev–Trinajstić information content (AvgIpc) is 3.31. The van der Waals surface area contributed by atoms with Gasteiger partial charge in [-0.05, 0) is 25.8 Å². The van der Waals surface area contributed by atoms with Crippen LogP contribution >= 0.6 is 0 Å². The molecule has 2 rings (SSSR count). The van der Waals surface area contributed by atoms with Gasteiger partial charge < -0.3 is 15.2 Å². The first-order valence-electron chi connectivity index (χ1n) is 7.55. The third-order valence-electron chi connectivity index (χ3n) is 3.53. The van der Waals surface area contributed by atoms with Crippen molar-refractivity contribution in [3.63, 3.8) is 0 Å². The van der Waals surface area contributed by atoms with Crippen LogP contribution in [0.4, 0.5) is 0 Å². The second-order valence-electron chi connectivity index (χ2n) is 5.17. The molecule has 1 aromatic carbocycles. The molecule has 21 heavy (non-hydrogen) atoms. The highest BCUT2D eigenvalue weighted by atomic mass is 16.5. The number of rotatable bonds is 9.